The van der Waals surface area contributed by atoms with Crippen LogP contribution in [0, 0.1) is 0 Å². The van der Waals surface area contributed by atoms with Gasteiger partial charge in [0.25, 0.3) is 10.2 Å². The molecule has 1 aromatic rings. The molecule has 2 heterocycles. The van der Waals surface area contributed by atoms with Crippen LogP contribution in [0.2, 0.25) is 0 Å². The third-order valence-electron chi connectivity index (χ3n) is 3.51. The zero-order valence-corrected chi connectivity index (χ0v) is 12.6. The standard InChI is InChI=1S/C12H23N5O2S/c1-2-13-9-12-5-3-4-6-17(12)20(18,19)16-8-11-7-14-10-15-11/h7,10,12-13,16H,2-6,8-9H2,1H3,(H,14,15). The van der Waals surface area contributed by atoms with Crippen LogP contribution in [0.4, 0.5) is 0 Å². The van der Waals surface area contributed by atoms with E-state index in [9.17, 15) is 8.42 Å². The van der Waals surface area contributed by atoms with E-state index in [2.05, 4.69) is 20.0 Å². The van der Waals surface area contributed by atoms with Gasteiger partial charge in [-0.3, -0.25) is 0 Å². The van der Waals surface area contributed by atoms with Crippen LogP contribution in [0.1, 0.15) is 31.9 Å². The molecule has 0 saturated carbocycles. The molecule has 3 N–H and O–H groups in total. The lowest BCUT2D eigenvalue weighted by Crippen LogP contribution is -2.52. The molecule has 20 heavy (non-hydrogen) atoms. The van der Waals surface area contributed by atoms with Gasteiger partial charge < -0.3 is 10.3 Å². The van der Waals surface area contributed by atoms with Crippen molar-refractivity contribution in [2.24, 2.45) is 0 Å². The van der Waals surface area contributed by atoms with E-state index in [4.69, 9.17) is 0 Å². The monoisotopic (exact) mass is 301 g/mol. The van der Waals surface area contributed by atoms with Gasteiger partial charge in [0.1, 0.15) is 0 Å². The van der Waals surface area contributed by atoms with Crippen LogP contribution in [-0.4, -0.2) is 48.4 Å². The van der Waals surface area contributed by atoms with E-state index >= 15 is 0 Å². The highest BCUT2D eigenvalue weighted by molar-refractivity contribution is 7.87. The Morgan fingerprint density at radius 1 is 1.50 bits per heavy atom. The van der Waals surface area contributed by atoms with Gasteiger partial charge in [-0.2, -0.15) is 17.4 Å². The van der Waals surface area contributed by atoms with E-state index in [0.717, 1.165) is 31.5 Å². The Labute approximate surface area is 120 Å². The topological polar surface area (TPSA) is 90.1 Å². The van der Waals surface area contributed by atoms with Crippen LogP contribution in [0.3, 0.4) is 0 Å². The molecule has 1 aliphatic rings. The summed E-state index contributed by atoms with van der Waals surface area (Å²) in [6, 6.07) is 0.0444. The molecule has 1 fully saturated rings. The molecule has 0 spiro atoms. The predicted octanol–water partition coefficient (Wildman–Crippen LogP) is 0.208. The van der Waals surface area contributed by atoms with Gasteiger partial charge in [-0.25, -0.2) is 4.98 Å². The molecule has 2 rings (SSSR count). The van der Waals surface area contributed by atoms with Gasteiger partial charge in [-0.05, 0) is 19.4 Å². The highest BCUT2D eigenvalue weighted by Crippen LogP contribution is 2.19. The van der Waals surface area contributed by atoms with Crippen molar-refractivity contribution >= 4 is 10.2 Å². The first-order chi connectivity index (χ1) is 9.63. The number of piperidine rings is 1. The Balaban J connectivity index is 1.97. The van der Waals surface area contributed by atoms with Crippen molar-refractivity contribution in [3.05, 3.63) is 18.2 Å². The number of H-pyrrole nitrogens is 1. The van der Waals surface area contributed by atoms with Crippen LogP contribution in [0.25, 0.3) is 0 Å². The van der Waals surface area contributed by atoms with E-state index in [1.165, 1.54) is 0 Å². The predicted molar refractivity (Wildman–Crippen MR) is 77.2 cm³/mol. The van der Waals surface area contributed by atoms with Crippen molar-refractivity contribution in [3.63, 3.8) is 0 Å². The lowest BCUT2D eigenvalue weighted by Gasteiger charge is -2.34. The summed E-state index contributed by atoms with van der Waals surface area (Å²) in [5.74, 6) is 0. The van der Waals surface area contributed by atoms with E-state index in [1.807, 2.05) is 6.92 Å². The molecule has 0 radical (unpaired) electrons. The molecule has 114 valence electrons. The van der Waals surface area contributed by atoms with E-state index in [0.29, 0.717) is 13.1 Å². The van der Waals surface area contributed by atoms with Gasteiger partial charge in [0.2, 0.25) is 0 Å². The SMILES string of the molecule is CCNCC1CCCCN1S(=O)(=O)NCc1cnc[nH]1. The van der Waals surface area contributed by atoms with Crippen molar-refractivity contribution in [2.75, 3.05) is 19.6 Å². The van der Waals surface area contributed by atoms with Crippen LogP contribution in [0.5, 0.6) is 0 Å². The average molecular weight is 301 g/mol. The molecule has 8 heteroatoms. The molecule has 0 amide bonds. The molecule has 1 atom stereocenters. The van der Waals surface area contributed by atoms with Crippen LogP contribution >= 0.6 is 0 Å². The molecule has 1 aromatic heterocycles. The molecular formula is C12H23N5O2S. The first-order valence-corrected chi connectivity index (χ1v) is 8.52. The number of hydrogen-bond donors (Lipinski definition) is 3. The number of imidazole rings is 1. The average Bonchev–Trinajstić information content (AvgIpc) is 2.97. The fraction of sp³-hybridized carbons (Fsp3) is 0.750. The molecule has 0 aliphatic carbocycles. The zero-order chi connectivity index (χ0) is 14.4. The Hall–Kier alpha value is -0.960. The Kier molecular flexibility index (Phi) is 5.53. The summed E-state index contributed by atoms with van der Waals surface area (Å²) in [6.07, 6.45) is 6.08. The van der Waals surface area contributed by atoms with E-state index < -0.39 is 10.2 Å². The fourth-order valence-electron chi connectivity index (χ4n) is 2.44. The number of likely N-dealkylation sites (N-methyl/N-ethyl adjacent to an activating group) is 1. The largest absolute Gasteiger partial charge is 0.347 e. The number of aromatic nitrogens is 2. The summed E-state index contributed by atoms with van der Waals surface area (Å²) in [7, 11) is -3.44. The van der Waals surface area contributed by atoms with Gasteiger partial charge in [0.05, 0.1) is 12.9 Å². The molecule has 1 aliphatic heterocycles. The van der Waals surface area contributed by atoms with E-state index in [-0.39, 0.29) is 12.6 Å². The maximum atomic E-state index is 12.4. The molecule has 0 aromatic carbocycles. The number of nitrogens with one attached hydrogen (secondary N) is 3. The van der Waals surface area contributed by atoms with Gasteiger partial charge in [0, 0.05) is 31.0 Å². The Bertz CT molecular complexity index is 488. The normalized spacial score (nSPS) is 21.1. The number of nitrogens with zero attached hydrogens (tertiary/aromatic N) is 2. The lowest BCUT2D eigenvalue weighted by atomic mass is 10.1. The molecule has 1 saturated heterocycles. The zero-order valence-electron chi connectivity index (χ0n) is 11.8. The maximum Gasteiger partial charge on any atom is 0.280 e. The molecule has 7 nitrogen and oxygen atoms in total. The number of rotatable bonds is 7. The third-order valence-corrected chi connectivity index (χ3v) is 5.12. The smallest absolute Gasteiger partial charge is 0.280 e. The second kappa shape index (κ2) is 7.16. The highest BCUT2D eigenvalue weighted by Gasteiger charge is 2.31. The van der Waals surface area contributed by atoms with Crippen LogP contribution < -0.4 is 10.0 Å². The molecular weight excluding hydrogens is 278 g/mol. The summed E-state index contributed by atoms with van der Waals surface area (Å²) < 4.78 is 29.0. The minimum Gasteiger partial charge on any atom is -0.347 e. The van der Waals surface area contributed by atoms with Crippen molar-refractivity contribution in [3.8, 4) is 0 Å². The van der Waals surface area contributed by atoms with Crippen molar-refractivity contribution in [1.29, 1.82) is 0 Å². The highest BCUT2D eigenvalue weighted by atomic mass is 32.2. The third kappa shape index (κ3) is 4.02. The minimum atomic E-state index is -3.44. The minimum absolute atomic E-state index is 0.0444. The summed E-state index contributed by atoms with van der Waals surface area (Å²) in [5.41, 5.74) is 0.758. The van der Waals surface area contributed by atoms with Gasteiger partial charge in [-0.15, -0.1) is 0 Å². The Morgan fingerprint density at radius 2 is 2.35 bits per heavy atom. The number of aromatic amines is 1. The first-order valence-electron chi connectivity index (χ1n) is 7.08. The lowest BCUT2D eigenvalue weighted by molar-refractivity contribution is 0.243. The summed E-state index contributed by atoms with van der Waals surface area (Å²) >= 11 is 0. The maximum absolute atomic E-state index is 12.4. The Morgan fingerprint density at radius 3 is 3.05 bits per heavy atom. The van der Waals surface area contributed by atoms with E-state index in [1.54, 1.807) is 16.8 Å². The van der Waals surface area contributed by atoms with Crippen molar-refractivity contribution < 1.29 is 8.42 Å². The number of hydrogen-bond acceptors (Lipinski definition) is 4. The van der Waals surface area contributed by atoms with Crippen molar-refractivity contribution in [2.45, 2.75) is 38.8 Å². The van der Waals surface area contributed by atoms with Crippen molar-refractivity contribution in [1.82, 2.24) is 24.3 Å². The molecule has 1 unspecified atom stereocenters. The first kappa shape index (κ1) is 15.4. The summed E-state index contributed by atoms with van der Waals surface area (Å²) in [5, 5.41) is 3.24. The quantitative estimate of drug-likeness (QED) is 0.671. The van der Waals surface area contributed by atoms with Gasteiger partial charge in [0.15, 0.2) is 0 Å². The summed E-state index contributed by atoms with van der Waals surface area (Å²) in [6.45, 7) is 4.42. The van der Waals surface area contributed by atoms with Gasteiger partial charge in [-0.1, -0.05) is 13.3 Å². The second-order valence-corrected chi connectivity index (χ2v) is 6.68. The van der Waals surface area contributed by atoms with Crippen LogP contribution in [0.15, 0.2) is 12.5 Å². The fourth-order valence-corrected chi connectivity index (χ4v) is 3.88. The molecule has 0 bridgehead atoms. The van der Waals surface area contributed by atoms with Crippen LogP contribution in [-0.2, 0) is 16.8 Å². The second-order valence-electron chi connectivity index (χ2n) is 4.97. The summed E-state index contributed by atoms with van der Waals surface area (Å²) in [4.78, 5) is 6.77. The van der Waals surface area contributed by atoms with Gasteiger partial charge >= 0.3 is 0 Å².